The number of rotatable bonds is 4. The Morgan fingerprint density at radius 1 is 1.11 bits per heavy atom. The second-order valence-electron chi connectivity index (χ2n) is 8.59. The van der Waals surface area contributed by atoms with E-state index in [9.17, 15) is 4.79 Å². The van der Waals surface area contributed by atoms with E-state index in [1.54, 1.807) is 12.4 Å². The first kappa shape index (κ1) is 16.5. The molecule has 4 aliphatic rings. The summed E-state index contributed by atoms with van der Waals surface area (Å²) in [5.74, 6) is 2.42. The van der Waals surface area contributed by atoms with Crippen molar-refractivity contribution in [2.24, 2.45) is 22.9 Å². The quantitative estimate of drug-likeness (QED) is 0.572. The summed E-state index contributed by atoms with van der Waals surface area (Å²) < 4.78 is 0. The van der Waals surface area contributed by atoms with Gasteiger partial charge >= 0.3 is 6.03 Å². The third-order valence-corrected chi connectivity index (χ3v) is 6.52. The maximum absolute atomic E-state index is 12.5. The molecule has 6 heteroatoms. The van der Waals surface area contributed by atoms with E-state index in [4.69, 9.17) is 0 Å². The van der Waals surface area contributed by atoms with Crippen molar-refractivity contribution in [1.82, 2.24) is 20.9 Å². The molecule has 0 saturated heterocycles. The Labute approximate surface area is 158 Å². The zero-order valence-corrected chi connectivity index (χ0v) is 15.3. The lowest BCUT2D eigenvalue weighted by atomic mass is 9.53. The van der Waals surface area contributed by atoms with E-state index in [2.05, 4.69) is 26.0 Å². The van der Waals surface area contributed by atoms with E-state index in [0.29, 0.717) is 0 Å². The maximum atomic E-state index is 12.5. The van der Waals surface area contributed by atoms with Crippen LogP contribution in [0, 0.1) is 17.8 Å². The average Bonchev–Trinajstić information content (AvgIpc) is 3.09. The first-order valence-electron chi connectivity index (χ1n) is 9.89. The van der Waals surface area contributed by atoms with E-state index in [1.165, 1.54) is 19.3 Å². The third-order valence-electron chi connectivity index (χ3n) is 6.52. The van der Waals surface area contributed by atoms with Crippen LogP contribution in [0.4, 0.5) is 4.79 Å². The van der Waals surface area contributed by atoms with Gasteiger partial charge in [0.2, 0.25) is 0 Å². The van der Waals surface area contributed by atoms with Crippen molar-refractivity contribution in [3.8, 4) is 11.3 Å². The predicted octanol–water partition coefficient (Wildman–Crippen LogP) is 3.68. The van der Waals surface area contributed by atoms with Crippen LogP contribution < -0.4 is 10.7 Å². The van der Waals surface area contributed by atoms with Gasteiger partial charge in [-0.3, -0.25) is 5.10 Å². The second-order valence-corrected chi connectivity index (χ2v) is 8.59. The van der Waals surface area contributed by atoms with Crippen LogP contribution in [-0.4, -0.2) is 28.0 Å². The molecule has 0 atom stereocenters. The molecule has 6 nitrogen and oxygen atoms in total. The van der Waals surface area contributed by atoms with Gasteiger partial charge in [-0.05, 0) is 56.3 Å². The molecule has 1 heterocycles. The van der Waals surface area contributed by atoms with Gasteiger partial charge in [-0.25, -0.2) is 10.2 Å². The van der Waals surface area contributed by atoms with Crippen LogP contribution in [0.1, 0.15) is 44.1 Å². The number of benzene rings is 1. The summed E-state index contributed by atoms with van der Waals surface area (Å²) >= 11 is 0. The molecule has 0 radical (unpaired) electrons. The number of carbonyl (C=O) groups excluding carboxylic acids is 1. The van der Waals surface area contributed by atoms with Crippen molar-refractivity contribution in [3.05, 3.63) is 42.1 Å². The van der Waals surface area contributed by atoms with Crippen molar-refractivity contribution in [2.45, 2.75) is 44.1 Å². The third kappa shape index (κ3) is 3.24. The number of nitrogens with one attached hydrogen (secondary N) is 3. The molecule has 0 spiro atoms. The second kappa shape index (κ2) is 6.51. The number of H-pyrrole nitrogens is 1. The number of urea groups is 1. The molecule has 1 aromatic carbocycles. The molecule has 3 N–H and O–H groups in total. The van der Waals surface area contributed by atoms with Gasteiger partial charge in [0, 0.05) is 16.7 Å². The standard InChI is InChI=1S/C21H25N5O/c27-20(24-21-9-14-6-15(10-21)8-16(7-14)11-21)26-23-13-18-12-22-25-19(18)17-4-2-1-3-5-17/h1-5,12-16H,6-11H2,(H,22,25)(H2,24,26,27)/b23-13-. The summed E-state index contributed by atoms with van der Waals surface area (Å²) in [6.07, 6.45) is 10.9. The Kier molecular flexibility index (Phi) is 3.99. The van der Waals surface area contributed by atoms with Gasteiger partial charge in [0.15, 0.2) is 0 Å². The van der Waals surface area contributed by atoms with E-state index in [-0.39, 0.29) is 11.6 Å². The van der Waals surface area contributed by atoms with Gasteiger partial charge < -0.3 is 5.32 Å². The molecule has 0 unspecified atom stereocenters. The lowest BCUT2D eigenvalue weighted by Gasteiger charge is -2.56. The van der Waals surface area contributed by atoms with Gasteiger partial charge in [-0.1, -0.05) is 30.3 Å². The van der Waals surface area contributed by atoms with Crippen LogP contribution in [0.25, 0.3) is 11.3 Å². The molecular formula is C21H25N5O. The van der Waals surface area contributed by atoms with Crippen LogP contribution in [0.5, 0.6) is 0 Å². The van der Waals surface area contributed by atoms with Crippen LogP contribution in [0.15, 0.2) is 41.6 Å². The minimum Gasteiger partial charge on any atom is -0.331 e. The summed E-state index contributed by atoms with van der Waals surface area (Å²) in [6.45, 7) is 0. The summed E-state index contributed by atoms with van der Waals surface area (Å²) in [5, 5.41) is 14.5. The SMILES string of the molecule is O=C(N/N=C\c1cn[nH]c1-c1ccccc1)NC12CC3CC(CC(C3)C1)C2. The number of hydrogen-bond donors (Lipinski definition) is 3. The molecule has 140 valence electrons. The predicted molar refractivity (Wildman–Crippen MR) is 104 cm³/mol. The highest BCUT2D eigenvalue weighted by Crippen LogP contribution is 2.55. The molecule has 2 aromatic rings. The highest BCUT2D eigenvalue weighted by molar-refractivity contribution is 5.89. The fourth-order valence-corrected chi connectivity index (χ4v) is 5.92. The minimum absolute atomic E-state index is 0.000801. The molecule has 27 heavy (non-hydrogen) atoms. The molecule has 4 bridgehead atoms. The highest BCUT2D eigenvalue weighted by atomic mass is 16.2. The molecule has 4 fully saturated rings. The van der Waals surface area contributed by atoms with E-state index < -0.39 is 0 Å². The smallest absolute Gasteiger partial charge is 0.331 e. The Hall–Kier alpha value is -2.63. The highest BCUT2D eigenvalue weighted by Gasteiger charge is 2.51. The number of hydrazone groups is 1. The van der Waals surface area contributed by atoms with Gasteiger partial charge in [0.1, 0.15) is 0 Å². The summed E-state index contributed by atoms with van der Waals surface area (Å²) in [5.41, 5.74) is 5.42. The Bertz CT molecular complexity index is 821. The maximum Gasteiger partial charge on any atom is 0.335 e. The lowest BCUT2D eigenvalue weighted by Crippen LogP contribution is -2.61. The van der Waals surface area contributed by atoms with E-state index in [1.807, 2.05) is 30.3 Å². The van der Waals surface area contributed by atoms with Crippen LogP contribution in [0.2, 0.25) is 0 Å². The molecule has 2 amide bonds. The van der Waals surface area contributed by atoms with Crippen molar-refractivity contribution >= 4 is 12.2 Å². The number of carbonyl (C=O) groups is 1. The van der Waals surface area contributed by atoms with Crippen molar-refractivity contribution < 1.29 is 4.79 Å². The van der Waals surface area contributed by atoms with E-state index >= 15 is 0 Å². The monoisotopic (exact) mass is 363 g/mol. The molecule has 4 saturated carbocycles. The fourth-order valence-electron chi connectivity index (χ4n) is 5.92. The Balaban J connectivity index is 1.23. The molecule has 1 aromatic heterocycles. The number of hydrogen-bond acceptors (Lipinski definition) is 3. The fraction of sp³-hybridized carbons (Fsp3) is 0.476. The topological polar surface area (TPSA) is 82.2 Å². The Morgan fingerprint density at radius 3 is 2.44 bits per heavy atom. The summed E-state index contributed by atoms with van der Waals surface area (Å²) in [7, 11) is 0. The van der Waals surface area contributed by atoms with Gasteiger partial charge in [0.05, 0.1) is 18.1 Å². The number of aromatic amines is 1. The number of aromatic nitrogens is 2. The van der Waals surface area contributed by atoms with Crippen molar-refractivity contribution in [3.63, 3.8) is 0 Å². The van der Waals surface area contributed by atoms with Crippen molar-refractivity contribution in [1.29, 1.82) is 0 Å². The summed E-state index contributed by atoms with van der Waals surface area (Å²) in [4.78, 5) is 12.5. The van der Waals surface area contributed by atoms with Gasteiger partial charge in [-0.15, -0.1) is 0 Å². The van der Waals surface area contributed by atoms with Gasteiger partial charge in [0.25, 0.3) is 0 Å². The van der Waals surface area contributed by atoms with Gasteiger partial charge in [-0.2, -0.15) is 10.2 Å². The summed E-state index contributed by atoms with van der Waals surface area (Å²) in [6, 6.07) is 9.76. The lowest BCUT2D eigenvalue weighted by molar-refractivity contribution is -0.0135. The first-order chi connectivity index (χ1) is 13.2. The average molecular weight is 363 g/mol. The first-order valence-corrected chi connectivity index (χ1v) is 9.89. The van der Waals surface area contributed by atoms with Crippen molar-refractivity contribution in [2.75, 3.05) is 0 Å². The molecule has 4 aliphatic carbocycles. The zero-order chi connectivity index (χ0) is 18.3. The van der Waals surface area contributed by atoms with Crippen LogP contribution >= 0.6 is 0 Å². The number of amides is 2. The zero-order valence-electron chi connectivity index (χ0n) is 15.3. The minimum atomic E-state index is -0.196. The molecule has 0 aliphatic heterocycles. The van der Waals surface area contributed by atoms with Crippen LogP contribution in [0.3, 0.4) is 0 Å². The molecular weight excluding hydrogens is 338 g/mol. The Morgan fingerprint density at radius 2 is 1.78 bits per heavy atom. The number of nitrogens with zero attached hydrogens (tertiary/aromatic N) is 2. The van der Waals surface area contributed by atoms with Crippen LogP contribution in [-0.2, 0) is 0 Å². The normalized spacial score (nSPS) is 31.3. The van der Waals surface area contributed by atoms with E-state index in [0.717, 1.165) is 53.8 Å². The molecule has 6 rings (SSSR count). The largest absolute Gasteiger partial charge is 0.335 e.